The number of nitrogens with one attached hydrogen (secondary N) is 1. The lowest BCUT2D eigenvalue weighted by atomic mass is 10.1. The SMILES string of the molecule is CN(C)CCNS(=O)(=O)Cc1ccc(CN)cc1. The molecule has 18 heavy (non-hydrogen) atoms. The predicted molar refractivity (Wildman–Crippen MR) is 73.5 cm³/mol. The highest BCUT2D eigenvalue weighted by molar-refractivity contribution is 7.88. The van der Waals surface area contributed by atoms with Gasteiger partial charge in [-0.05, 0) is 25.2 Å². The van der Waals surface area contributed by atoms with E-state index < -0.39 is 10.0 Å². The van der Waals surface area contributed by atoms with Crippen LogP contribution in [-0.4, -0.2) is 40.5 Å². The minimum Gasteiger partial charge on any atom is -0.326 e. The van der Waals surface area contributed by atoms with Crippen molar-refractivity contribution < 1.29 is 8.42 Å². The van der Waals surface area contributed by atoms with Crippen LogP contribution in [0.2, 0.25) is 0 Å². The van der Waals surface area contributed by atoms with Gasteiger partial charge in [0.25, 0.3) is 0 Å². The molecule has 0 aliphatic carbocycles. The van der Waals surface area contributed by atoms with E-state index in [1.54, 1.807) is 12.1 Å². The molecule has 0 amide bonds. The van der Waals surface area contributed by atoms with Crippen LogP contribution in [-0.2, 0) is 22.3 Å². The smallest absolute Gasteiger partial charge is 0.215 e. The molecule has 0 atom stereocenters. The Morgan fingerprint density at radius 1 is 1.17 bits per heavy atom. The summed E-state index contributed by atoms with van der Waals surface area (Å²) in [6.07, 6.45) is 0. The normalized spacial score (nSPS) is 12.0. The average molecular weight is 271 g/mol. The third kappa shape index (κ3) is 5.59. The lowest BCUT2D eigenvalue weighted by molar-refractivity contribution is 0.412. The Balaban J connectivity index is 2.53. The number of likely N-dealkylation sites (N-methyl/N-ethyl adjacent to an activating group) is 1. The Morgan fingerprint density at radius 2 is 1.72 bits per heavy atom. The van der Waals surface area contributed by atoms with Gasteiger partial charge in [-0.2, -0.15) is 0 Å². The summed E-state index contributed by atoms with van der Waals surface area (Å²) in [7, 11) is 0.547. The van der Waals surface area contributed by atoms with Crippen LogP contribution in [0.25, 0.3) is 0 Å². The minimum atomic E-state index is -3.26. The molecule has 102 valence electrons. The molecule has 3 N–H and O–H groups in total. The van der Waals surface area contributed by atoms with E-state index in [0.29, 0.717) is 19.6 Å². The van der Waals surface area contributed by atoms with Crippen molar-refractivity contribution in [1.29, 1.82) is 0 Å². The van der Waals surface area contributed by atoms with Crippen LogP contribution in [0.4, 0.5) is 0 Å². The van der Waals surface area contributed by atoms with Gasteiger partial charge in [0.2, 0.25) is 10.0 Å². The topological polar surface area (TPSA) is 75.4 Å². The molecule has 5 nitrogen and oxygen atoms in total. The Kier molecular flexibility index (Phi) is 5.74. The summed E-state index contributed by atoms with van der Waals surface area (Å²) < 4.78 is 26.1. The van der Waals surface area contributed by atoms with E-state index in [2.05, 4.69) is 4.72 Å². The van der Waals surface area contributed by atoms with Crippen molar-refractivity contribution in [2.75, 3.05) is 27.2 Å². The first-order chi connectivity index (χ1) is 8.43. The average Bonchev–Trinajstić information content (AvgIpc) is 2.28. The molecule has 0 aromatic heterocycles. The van der Waals surface area contributed by atoms with Crippen LogP contribution < -0.4 is 10.5 Å². The van der Waals surface area contributed by atoms with Crippen molar-refractivity contribution >= 4 is 10.0 Å². The van der Waals surface area contributed by atoms with E-state index in [4.69, 9.17) is 5.73 Å². The molecule has 1 aromatic carbocycles. The van der Waals surface area contributed by atoms with Gasteiger partial charge in [-0.15, -0.1) is 0 Å². The standard InChI is InChI=1S/C12H21N3O2S/c1-15(2)8-7-14-18(16,17)10-12-5-3-11(9-13)4-6-12/h3-6,14H,7-10,13H2,1-2H3. The van der Waals surface area contributed by atoms with Gasteiger partial charge in [0.05, 0.1) is 5.75 Å². The highest BCUT2D eigenvalue weighted by atomic mass is 32.2. The second kappa shape index (κ2) is 6.84. The monoisotopic (exact) mass is 271 g/mol. The number of nitrogens with two attached hydrogens (primary N) is 1. The summed E-state index contributed by atoms with van der Waals surface area (Å²) in [6, 6.07) is 7.30. The molecule has 0 spiro atoms. The second-order valence-corrected chi connectivity index (χ2v) is 6.28. The number of hydrogen-bond donors (Lipinski definition) is 2. The van der Waals surface area contributed by atoms with E-state index >= 15 is 0 Å². The molecule has 0 heterocycles. The van der Waals surface area contributed by atoms with Crippen molar-refractivity contribution in [2.24, 2.45) is 5.73 Å². The molecule has 1 rings (SSSR count). The zero-order chi connectivity index (χ0) is 13.6. The lowest BCUT2D eigenvalue weighted by Gasteiger charge is -2.11. The van der Waals surface area contributed by atoms with Crippen LogP contribution in [0.5, 0.6) is 0 Å². The van der Waals surface area contributed by atoms with Crippen LogP contribution in [0, 0.1) is 0 Å². The first kappa shape index (κ1) is 15.1. The molecule has 0 fully saturated rings. The zero-order valence-electron chi connectivity index (χ0n) is 10.9. The number of hydrogen-bond acceptors (Lipinski definition) is 4. The van der Waals surface area contributed by atoms with E-state index in [1.165, 1.54) is 0 Å². The van der Waals surface area contributed by atoms with Gasteiger partial charge in [-0.1, -0.05) is 24.3 Å². The minimum absolute atomic E-state index is 0.00524. The van der Waals surface area contributed by atoms with Gasteiger partial charge in [-0.25, -0.2) is 13.1 Å². The maximum Gasteiger partial charge on any atom is 0.215 e. The first-order valence-electron chi connectivity index (χ1n) is 5.83. The van der Waals surface area contributed by atoms with Crippen molar-refractivity contribution in [3.05, 3.63) is 35.4 Å². The fraction of sp³-hybridized carbons (Fsp3) is 0.500. The van der Waals surface area contributed by atoms with E-state index in [9.17, 15) is 8.42 Å². The van der Waals surface area contributed by atoms with Crippen LogP contribution in [0.15, 0.2) is 24.3 Å². The molecule has 6 heteroatoms. The lowest BCUT2D eigenvalue weighted by Crippen LogP contribution is -2.32. The Morgan fingerprint density at radius 3 is 2.22 bits per heavy atom. The van der Waals surface area contributed by atoms with Crippen molar-refractivity contribution in [1.82, 2.24) is 9.62 Å². The molecule has 0 aliphatic rings. The van der Waals surface area contributed by atoms with Gasteiger partial charge in [0.15, 0.2) is 0 Å². The predicted octanol–water partition coefficient (Wildman–Crippen LogP) is 0.126. The third-order valence-electron chi connectivity index (χ3n) is 2.50. The second-order valence-electron chi connectivity index (χ2n) is 4.48. The van der Waals surface area contributed by atoms with E-state index in [-0.39, 0.29) is 5.75 Å². The fourth-order valence-electron chi connectivity index (χ4n) is 1.47. The van der Waals surface area contributed by atoms with Gasteiger partial charge in [0.1, 0.15) is 0 Å². The number of sulfonamides is 1. The first-order valence-corrected chi connectivity index (χ1v) is 7.48. The molecule has 0 aliphatic heterocycles. The molecule has 0 bridgehead atoms. The summed E-state index contributed by atoms with van der Waals surface area (Å²) in [5.41, 5.74) is 7.25. The number of benzene rings is 1. The number of nitrogens with zero attached hydrogens (tertiary/aromatic N) is 1. The maximum absolute atomic E-state index is 11.8. The van der Waals surface area contributed by atoms with Gasteiger partial charge < -0.3 is 10.6 Å². The van der Waals surface area contributed by atoms with Crippen LogP contribution in [0.3, 0.4) is 0 Å². The summed E-state index contributed by atoms with van der Waals surface area (Å²) in [6.45, 7) is 1.58. The summed E-state index contributed by atoms with van der Waals surface area (Å²) in [5, 5.41) is 0. The van der Waals surface area contributed by atoms with Crippen molar-refractivity contribution in [3.8, 4) is 0 Å². The fourth-order valence-corrected chi connectivity index (χ4v) is 2.60. The van der Waals surface area contributed by atoms with Crippen LogP contribution >= 0.6 is 0 Å². The van der Waals surface area contributed by atoms with Crippen molar-refractivity contribution in [2.45, 2.75) is 12.3 Å². The third-order valence-corrected chi connectivity index (χ3v) is 3.85. The summed E-state index contributed by atoms with van der Waals surface area (Å²) in [5.74, 6) is 0.00524. The van der Waals surface area contributed by atoms with Gasteiger partial charge >= 0.3 is 0 Å². The Hall–Kier alpha value is -0.950. The van der Waals surface area contributed by atoms with E-state index in [0.717, 1.165) is 11.1 Å². The van der Waals surface area contributed by atoms with Crippen molar-refractivity contribution in [3.63, 3.8) is 0 Å². The number of rotatable bonds is 7. The molecular weight excluding hydrogens is 250 g/mol. The van der Waals surface area contributed by atoms with E-state index in [1.807, 2.05) is 31.1 Å². The summed E-state index contributed by atoms with van der Waals surface area (Å²) in [4.78, 5) is 1.93. The molecule has 0 saturated heterocycles. The van der Waals surface area contributed by atoms with Gasteiger partial charge in [-0.3, -0.25) is 0 Å². The molecule has 0 radical (unpaired) electrons. The molecule has 0 unspecified atom stereocenters. The Labute approximate surface area is 109 Å². The highest BCUT2D eigenvalue weighted by Gasteiger charge is 2.10. The highest BCUT2D eigenvalue weighted by Crippen LogP contribution is 2.07. The largest absolute Gasteiger partial charge is 0.326 e. The summed E-state index contributed by atoms with van der Waals surface area (Å²) >= 11 is 0. The maximum atomic E-state index is 11.8. The van der Waals surface area contributed by atoms with Gasteiger partial charge in [0, 0.05) is 19.6 Å². The molecule has 0 saturated carbocycles. The molecular formula is C12H21N3O2S. The Bertz CT molecular complexity index is 455. The quantitative estimate of drug-likeness (QED) is 0.739. The zero-order valence-corrected chi connectivity index (χ0v) is 11.7. The van der Waals surface area contributed by atoms with Crippen LogP contribution in [0.1, 0.15) is 11.1 Å². The molecule has 1 aromatic rings.